The van der Waals surface area contributed by atoms with Gasteiger partial charge in [0.1, 0.15) is 0 Å². The highest BCUT2D eigenvalue weighted by Gasteiger charge is 2.41. The van der Waals surface area contributed by atoms with Crippen LogP contribution in [0.25, 0.3) is 0 Å². The van der Waals surface area contributed by atoms with Crippen LogP contribution in [0.3, 0.4) is 0 Å². The van der Waals surface area contributed by atoms with Crippen LogP contribution in [0.2, 0.25) is 0 Å². The quantitative estimate of drug-likeness (QED) is 0.849. The van der Waals surface area contributed by atoms with Gasteiger partial charge in [-0.15, -0.1) is 0 Å². The first-order valence-corrected chi connectivity index (χ1v) is 8.93. The molecule has 1 saturated carbocycles. The van der Waals surface area contributed by atoms with Crippen molar-refractivity contribution in [2.24, 2.45) is 29.4 Å². The highest BCUT2D eigenvalue weighted by atomic mass is 15.2. The Bertz CT molecular complexity index is 302. The van der Waals surface area contributed by atoms with Crippen molar-refractivity contribution >= 4 is 0 Å². The maximum Gasteiger partial charge on any atom is 0.0334 e. The topological polar surface area (TPSA) is 29.3 Å². The van der Waals surface area contributed by atoms with Gasteiger partial charge >= 0.3 is 0 Å². The van der Waals surface area contributed by atoms with E-state index in [4.69, 9.17) is 5.73 Å². The average Bonchev–Trinajstić information content (AvgIpc) is 2.68. The third-order valence-corrected chi connectivity index (χ3v) is 6.50. The van der Waals surface area contributed by atoms with Crippen LogP contribution in [0.1, 0.15) is 66.2 Å². The molecule has 2 rings (SSSR count). The minimum Gasteiger partial charge on any atom is -0.329 e. The van der Waals surface area contributed by atoms with E-state index in [0.29, 0.717) is 5.54 Å². The van der Waals surface area contributed by atoms with Crippen molar-refractivity contribution in [3.8, 4) is 0 Å². The van der Waals surface area contributed by atoms with Crippen molar-refractivity contribution in [3.63, 3.8) is 0 Å². The molecule has 0 radical (unpaired) electrons. The minimum absolute atomic E-state index is 0.317. The second-order valence-electron chi connectivity index (χ2n) is 8.05. The molecule has 0 bridgehead atoms. The van der Waals surface area contributed by atoms with Crippen molar-refractivity contribution in [1.29, 1.82) is 0 Å². The molecule has 1 heterocycles. The Morgan fingerprint density at radius 2 is 1.85 bits per heavy atom. The first-order valence-electron chi connectivity index (χ1n) is 8.93. The Morgan fingerprint density at radius 1 is 1.10 bits per heavy atom. The molecular weight excluding hydrogens is 244 g/mol. The van der Waals surface area contributed by atoms with Gasteiger partial charge in [0.15, 0.2) is 0 Å². The highest BCUT2D eigenvalue weighted by molar-refractivity contribution is 4.98. The molecule has 4 atom stereocenters. The van der Waals surface area contributed by atoms with Crippen molar-refractivity contribution in [1.82, 2.24) is 4.90 Å². The molecule has 0 spiro atoms. The zero-order chi connectivity index (χ0) is 14.8. The van der Waals surface area contributed by atoms with Gasteiger partial charge in [-0.1, -0.05) is 27.7 Å². The molecule has 2 N–H and O–H groups in total. The van der Waals surface area contributed by atoms with E-state index in [9.17, 15) is 0 Å². The summed E-state index contributed by atoms with van der Waals surface area (Å²) in [6.45, 7) is 13.1. The van der Waals surface area contributed by atoms with Crippen LogP contribution >= 0.6 is 0 Å². The molecular formula is C18H36N2. The molecule has 0 amide bonds. The zero-order valence-corrected chi connectivity index (χ0v) is 14.2. The second-order valence-corrected chi connectivity index (χ2v) is 8.05. The summed E-state index contributed by atoms with van der Waals surface area (Å²) in [5.74, 6) is 3.48. The molecule has 0 aromatic carbocycles. The summed E-state index contributed by atoms with van der Waals surface area (Å²) in [5, 5.41) is 0. The van der Waals surface area contributed by atoms with E-state index in [0.717, 1.165) is 30.2 Å². The van der Waals surface area contributed by atoms with Crippen molar-refractivity contribution in [3.05, 3.63) is 0 Å². The largest absolute Gasteiger partial charge is 0.329 e. The third kappa shape index (κ3) is 3.39. The van der Waals surface area contributed by atoms with Crippen LogP contribution < -0.4 is 5.73 Å². The average molecular weight is 281 g/mol. The van der Waals surface area contributed by atoms with Gasteiger partial charge in [0.25, 0.3) is 0 Å². The van der Waals surface area contributed by atoms with E-state index < -0.39 is 0 Å². The number of hydrogen-bond donors (Lipinski definition) is 1. The van der Waals surface area contributed by atoms with Crippen molar-refractivity contribution in [2.45, 2.75) is 71.8 Å². The van der Waals surface area contributed by atoms with Gasteiger partial charge in [-0.3, -0.25) is 4.90 Å². The van der Waals surface area contributed by atoms with Gasteiger partial charge in [0, 0.05) is 12.1 Å². The van der Waals surface area contributed by atoms with E-state index in [-0.39, 0.29) is 0 Å². The lowest BCUT2D eigenvalue weighted by molar-refractivity contribution is 0.0224. The molecule has 20 heavy (non-hydrogen) atoms. The summed E-state index contributed by atoms with van der Waals surface area (Å²) in [5.41, 5.74) is 6.60. The predicted molar refractivity (Wildman–Crippen MR) is 87.7 cm³/mol. The fraction of sp³-hybridized carbons (Fsp3) is 1.00. The van der Waals surface area contributed by atoms with E-state index >= 15 is 0 Å². The molecule has 2 fully saturated rings. The maximum atomic E-state index is 6.28. The summed E-state index contributed by atoms with van der Waals surface area (Å²) < 4.78 is 0. The predicted octanol–water partition coefficient (Wildman–Crippen LogP) is 3.90. The molecule has 2 aliphatic rings. The Kier molecular flexibility index (Phi) is 5.53. The second kappa shape index (κ2) is 6.79. The number of nitrogens with two attached hydrogens (primary N) is 1. The van der Waals surface area contributed by atoms with E-state index in [1.54, 1.807) is 0 Å². The minimum atomic E-state index is 0.317. The summed E-state index contributed by atoms with van der Waals surface area (Å²) in [7, 11) is 0. The molecule has 1 aliphatic heterocycles. The number of rotatable bonds is 3. The lowest BCUT2D eigenvalue weighted by Gasteiger charge is -2.49. The molecule has 2 nitrogen and oxygen atoms in total. The number of likely N-dealkylation sites (tertiary alicyclic amines) is 1. The number of nitrogens with zero attached hydrogens (tertiary/aromatic N) is 1. The van der Waals surface area contributed by atoms with Crippen LogP contribution in [0, 0.1) is 23.7 Å². The van der Waals surface area contributed by atoms with Gasteiger partial charge in [-0.05, 0) is 75.3 Å². The molecule has 1 saturated heterocycles. The van der Waals surface area contributed by atoms with Crippen LogP contribution in [-0.2, 0) is 0 Å². The lowest BCUT2D eigenvalue weighted by Crippen LogP contribution is -2.57. The van der Waals surface area contributed by atoms with Crippen LogP contribution in [0.15, 0.2) is 0 Å². The SMILES string of the molecule is CC(C)C1CCCN(C2(CN)CCC(C)C(C)C2)CC1. The normalized spacial score (nSPS) is 40.8. The fourth-order valence-electron chi connectivity index (χ4n) is 4.55. The van der Waals surface area contributed by atoms with Gasteiger partial charge in [0.2, 0.25) is 0 Å². The molecule has 0 aromatic heterocycles. The van der Waals surface area contributed by atoms with Gasteiger partial charge in [-0.2, -0.15) is 0 Å². The van der Waals surface area contributed by atoms with E-state index in [1.807, 2.05) is 0 Å². The van der Waals surface area contributed by atoms with Gasteiger partial charge in [-0.25, -0.2) is 0 Å². The Morgan fingerprint density at radius 3 is 2.45 bits per heavy atom. The van der Waals surface area contributed by atoms with Gasteiger partial charge < -0.3 is 5.73 Å². The van der Waals surface area contributed by atoms with Crippen LogP contribution in [0.5, 0.6) is 0 Å². The zero-order valence-electron chi connectivity index (χ0n) is 14.2. The number of hydrogen-bond acceptors (Lipinski definition) is 2. The maximum absolute atomic E-state index is 6.28. The van der Waals surface area contributed by atoms with Crippen LogP contribution in [-0.4, -0.2) is 30.1 Å². The smallest absolute Gasteiger partial charge is 0.0334 e. The highest BCUT2D eigenvalue weighted by Crippen LogP contribution is 2.41. The summed E-state index contributed by atoms with van der Waals surface area (Å²) >= 11 is 0. The molecule has 1 aliphatic carbocycles. The summed E-state index contributed by atoms with van der Waals surface area (Å²) in [6.07, 6.45) is 8.17. The first-order chi connectivity index (χ1) is 9.48. The van der Waals surface area contributed by atoms with Crippen molar-refractivity contribution in [2.75, 3.05) is 19.6 Å². The standard InChI is InChI=1S/C18H36N2/c1-14(2)17-6-5-10-20(11-8-17)18(13-19)9-7-15(3)16(4)12-18/h14-17H,5-13,19H2,1-4H3. The molecule has 118 valence electrons. The van der Waals surface area contributed by atoms with Crippen LogP contribution in [0.4, 0.5) is 0 Å². The Hall–Kier alpha value is -0.0800. The fourth-order valence-corrected chi connectivity index (χ4v) is 4.55. The van der Waals surface area contributed by atoms with E-state index in [2.05, 4.69) is 32.6 Å². The third-order valence-electron chi connectivity index (χ3n) is 6.50. The lowest BCUT2D eigenvalue weighted by atomic mass is 9.70. The molecule has 2 heteroatoms. The first kappa shape index (κ1) is 16.3. The molecule has 0 aromatic rings. The van der Waals surface area contributed by atoms with E-state index in [1.165, 1.54) is 51.6 Å². The van der Waals surface area contributed by atoms with Gasteiger partial charge in [0.05, 0.1) is 0 Å². The molecule has 4 unspecified atom stereocenters. The van der Waals surface area contributed by atoms with Crippen molar-refractivity contribution < 1.29 is 0 Å². The Balaban J connectivity index is 2.04. The monoisotopic (exact) mass is 280 g/mol. The summed E-state index contributed by atoms with van der Waals surface area (Å²) in [6, 6.07) is 0. The Labute approximate surface area is 126 Å². The summed E-state index contributed by atoms with van der Waals surface area (Å²) in [4.78, 5) is 2.79.